The highest BCUT2D eigenvalue weighted by Crippen LogP contribution is 2.35. The van der Waals surface area contributed by atoms with Crippen LogP contribution in [0.4, 0.5) is 0 Å². The number of carbonyl (C=O) groups excluding carboxylic acids is 1. The Hall–Kier alpha value is -3.40. The molecule has 0 saturated heterocycles. The molecule has 2 aliphatic rings. The van der Waals surface area contributed by atoms with Crippen LogP contribution in [-0.4, -0.2) is 52.9 Å². The highest BCUT2D eigenvalue weighted by atomic mass is 32.2. The predicted molar refractivity (Wildman–Crippen MR) is 127 cm³/mol. The van der Waals surface area contributed by atoms with Gasteiger partial charge in [0.25, 0.3) is 0 Å². The maximum atomic E-state index is 12.6. The zero-order valence-corrected chi connectivity index (χ0v) is 19.9. The monoisotopic (exact) mass is 482 g/mol. The third-order valence-corrected chi connectivity index (χ3v) is 6.64. The summed E-state index contributed by atoms with van der Waals surface area (Å²) >= 11 is 1.34. The Labute approximate surface area is 201 Å². The zero-order chi connectivity index (χ0) is 23.5. The summed E-state index contributed by atoms with van der Waals surface area (Å²) in [7, 11) is 1.88. The molecule has 178 valence electrons. The molecule has 0 fully saturated rings. The highest BCUT2D eigenvalue weighted by molar-refractivity contribution is 7.99. The number of hydrogen-bond donors (Lipinski definition) is 1. The van der Waals surface area contributed by atoms with Crippen LogP contribution in [-0.2, 0) is 11.8 Å². The summed E-state index contributed by atoms with van der Waals surface area (Å²) in [4.78, 5) is 12.6. The molecule has 0 aliphatic carbocycles. The van der Waals surface area contributed by atoms with Crippen LogP contribution < -0.4 is 24.3 Å². The minimum atomic E-state index is -0.168. The Bertz CT molecular complexity index is 1200. The van der Waals surface area contributed by atoms with Gasteiger partial charge in [-0.2, -0.15) is 0 Å². The van der Waals surface area contributed by atoms with Gasteiger partial charge in [0, 0.05) is 19.0 Å². The third-order valence-electron chi connectivity index (χ3n) is 5.62. The van der Waals surface area contributed by atoms with E-state index in [4.69, 9.17) is 18.9 Å². The minimum Gasteiger partial charge on any atom is -0.490 e. The number of aromatic nitrogens is 3. The first kappa shape index (κ1) is 22.4. The topological polar surface area (TPSA) is 96.7 Å². The molecule has 3 aromatic rings. The summed E-state index contributed by atoms with van der Waals surface area (Å²) in [5.41, 5.74) is 1.83. The Morgan fingerprint density at radius 1 is 0.971 bits per heavy atom. The van der Waals surface area contributed by atoms with Gasteiger partial charge >= 0.3 is 0 Å². The van der Waals surface area contributed by atoms with Crippen molar-refractivity contribution in [3.63, 3.8) is 0 Å². The van der Waals surface area contributed by atoms with Crippen LogP contribution in [0.2, 0.25) is 0 Å². The highest BCUT2D eigenvalue weighted by Gasteiger charge is 2.19. The summed E-state index contributed by atoms with van der Waals surface area (Å²) in [6.45, 7) is 4.29. The largest absolute Gasteiger partial charge is 0.490 e. The van der Waals surface area contributed by atoms with E-state index in [1.807, 2.05) is 54.9 Å². The van der Waals surface area contributed by atoms with Gasteiger partial charge in [0.2, 0.25) is 5.91 Å². The normalized spacial score (nSPS) is 15.4. The SMILES string of the molecule is C[C@H](NC(=O)CSc1nnc(-c2ccc3c(c2)OCCO3)n1C)c1ccc2c(c1)OCCCO2. The lowest BCUT2D eigenvalue weighted by Gasteiger charge is -2.18. The molecule has 0 radical (unpaired) electrons. The van der Waals surface area contributed by atoms with Crippen molar-refractivity contribution in [2.45, 2.75) is 24.5 Å². The number of benzene rings is 2. The third kappa shape index (κ3) is 4.77. The van der Waals surface area contributed by atoms with Crippen molar-refractivity contribution in [1.82, 2.24) is 20.1 Å². The maximum absolute atomic E-state index is 12.6. The predicted octanol–water partition coefficient (Wildman–Crippen LogP) is 3.38. The smallest absolute Gasteiger partial charge is 0.230 e. The molecule has 3 heterocycles. The number of nitrogens with zero attached hydrogens (tertiary/aromatic N) is 3. The molecule has 1 atom stereocenters. The van der Waals surface area contributed by atoms with Crippen molar-refractivity contribution in [2.75, 3.05) is 32.2 Å². The van der Waals surface area contributed by atoms with E-state index in [2.05, 4.69) is 15.5 Å². The Kier molecular flexibility index (Phi) is 6.48. The van der Waals surface area contributed by atoms with Crippen LogP contribution in [0.25, 0.3) is 11.4 Å². The summed E-state index contributed by atoms with van der Waals surface area (Å²) in [5, 5.41) is 12.3. The van der Waals surface area contributed by atoms with Gasteiger partial charge in [-0.25, -0.2) is 0 Å². The molecular weight excluding hydrogens is 456 g/mol. The fourth-order valence-corrected chi connectivity index (χ4v) is 4.54. The first-order chi connectivity index (χ1) is 16.6. The molecule has 9 nitrogen and oxygen atoms in total. The quantitative estimate of drug-likeness (QED) is 0.534. The first-order valence-corrected chi connectivity index (χ1v) is 12.2. The molecule has 1 N–H and O–H groups in total. The number of nitrogens with one attached hydrogen (secondary N) is 1. The second-order valence-corrected chi connectivity index (χ2v) is 9.00. The van der Waals surface area contributed by atoms with E-state index in [0.717, 1.165) is 34.8 Å². The van der Waals surface area contributed by atoms with Crippen molar-refractivity contribution in [3.05, 3.63) is 42.0 Å². The van der Waals surface area contributed by atoms with Gasteiger partial charge < -0.3 is 28.8 Å². The standard InChI is InChI=1S/C24H26N4O5S/c1-15(16-4-6-18-20(12-16)31-9-3-8-30-18)25-22(29)14-34-24-27-26-23(28(24)2)17-5-7-19-21(13-17)33-11-10-32-19/h4-7,12-13,15H,3,8-11,14H2,1-2H3,(H,25,29)/t15-/m0/s1. The second kappa shape index (κ2) is 9.84. The average Bonchev–Trinajstić information content (AvgIpc) is 3.06. The summed E-state index contributed by atoms with van der Waals surface area (Å²) in [6.07, 6.45) is 0.853. The Balaban J connectivity index is 1.20. The van der Waals surface area contributed by atoms with Gasteiger partial charge in [-0.15, -0.1) is 10.2 Å². The van der Waals surface area contributed by atoms with Crippen LogP contribution in [0.5, 0.6) is 23.0 Å². The van der Waals surface area contributed by atoms with Gasteiger partial charge in [0.1, 0.15) is 13.2 Å². The van der Waals surface area contributed by atoms with E-state index in [-0.39, 0.29) is 17.7 Å². The molecular formula is C24H26N4O5S. The van der Waals surface area contributed by atoms with Crippen molar-refractivity contribution < 1.29 is 23.7 Å². The molecule has 2 aliphatic heterocycles. The van der Waals surface area contributed by atoms with Gasteiger partial charge in [0.15, 0.2) is 34.0 Å². The lowest BCUT2D eigenvalue weighted by atomic mass is 10.1. The molecule has 0 spiro atoms. The van der Waals surface area contributed by atoms with E-state index in [9.17, 15) is 4.79 Å². The summed E-state index contributed by atoms with van der Waals surface area (Å²) < 4.78 is 24.6. The molecule has 0 bridgehead atoms. The lowest BCUT2D eigenvalue weighted by molar-refractivity contribution is -0.119. The van der Waals surface area contributed by atoms with Crippen molar-refractivity contribution in [1.29, 1.82) is 0 Å². The average molecular weight is 483 g/mol. The van der Waals surface area contributed by atoms with Crippen molar-refractivity contribution in [2.24, 2.45) is 7.05 Å². The number of fused-ring (bicyclic) bond motifs is 2. The molecule has 2 aromatic carbocycles. The Morgan fingerprint density at radius 2 is 1.65 bits per heavy atom. The number of rotatable bonds is 6. The number of thioether (sulfide) groups is 1. The van der Waals surface area contributed by atoms with Crippen LogP contribution in [0.3, 0.4) is 0 Å². The number of ether oxygens (including phenoxy) is 4. The molecule has 34 heavy (non-hydrogen) atoms. The number of amides is 1. The first-order valence-electron chi connectivity index (χ1n) is 11.2. The van der Waals surface area contributed by atoms with Crippen LogP contribution in [0.15, 0.2) is 41.6 Å². The van der Waals surface area contributed by atoms with Crippen LogP contribution >= 0.6 is 11.8 Å². The van der Waals surface area contributed by atoms with Crippen LogP contribution in [0.1, 0.15) is 24.9 Å². The van der Waals surface area contributed by atoms with Gasteiger partial charge in [-0.3, -0.25) is 4.79 Å². The molecule has 0 unspecified atom stereocenters. The number of carbonyl (C=O) groups is 1. The van der Waals surface area contributed by atoms with E-state index < -0.39 is 0 Å². The van der Waals surface area contributed by atoms with E-state index >= 15 is 0 Å². The maximum Gasteiger partial charge on any atom is 0.230 e. The molecule has 5 rings (SSSR count). The molecule has 1 aromatic heterocycles. The van der Waals surface area contributed by atoms with E-state index in [0.29, 0.717) is 43.2 Å². The number of hydrogen-bond acceptors (Lipinski definition) is 8. The Morgan fingerprint density at radius 3 is 2.47 bits per heavy atom. The van der Waals surface area contributed by atoms with E-state index in [1.54, 1.807) is 0 Å². The fourth-order valence-electron chi connectivity index (χ4n) is 3.82. The fraction of sp³-hybridized carbons (Fsp3) is 0.375. The minimum absolute atomic E-state index is 0.0894. The van der Waals surface area contributed by atoms with Crippen LogP contribution in [0, 0.1) is 0 Å². The summed E-state index contributed by atoms with van der Waals surface area (Å²) in [5.74, 6) is 3.72. The van der Waals surface area contributed by atoms with Crippen molar-refractivity contribution >= 4 is 17.7 Å². The second-order valence-electron chi connectivity index (χ2n) is 8.06. The van der Waals surface area contributed by atoms with Gasteiger partial charge in [-0.1, -0.05) is 17.8 Å². The lowest BCUT2D eigenvalue weighted by Crippen LogP contribution is -2.28. The molecule has 0 saturated carbocycles. The zero-order valence-electron chi connectivity index (χ0n) is 19.1. The van der Waals surface area contributed by atoms with E-state index in [1.165, 1.54) is 11.8 Å². The molecule has 1 amide bonds. The molecule has 10 heteroatoms. The van der Waals surface area contributed by atoms with Crippen molar-refractivity contribution in [3.8, 4) is 34.4 Å². The van der Waals surface area contributed by atoms with Gasteiger partial charge in [0.05, 0.1) is 25.0 Å². The summed E-state index contributed by atoms with van der Waals surface area (Å²) in [6, 6.07) is 11.3. The van der Waals surface area contributed by atoms with Gasteiger partial charge in [-0.05, 0) is 42.8 Å².